The van der Waals surface area contributed by atoms with Crippen LogP contribution in [0.25, 0.3) is 5.76 Å². The van der Waals surface area contributed by atoms with Crippen LogP contribution in [0, 0.1) is 0 Å². The van der Waals surface area contributed by atoms with E-state index in [0.717, 1.165) is 23.5 Å². The lowest BCUT2D eigenvalue weighted by atomic mass is 10.1. The second kappa shape index (κ2) is 4.30. The first-order valence-electron chi connectivity index (χ1n) is 4.66. The minimum Gasteiger partial charge on any atom is -0.462 e. The minimum atomic E-state index is 0.620. The summed E-state index contributed by atoms with van der Waals surface area (Å²) in [4.78, 5) is 0. The molecule has 0 saturated heterocycles. The Balaban J connectivity index is 2.34. The van der Waals surface area contributed by atoms with Gasteiger partial charge in [0.25, 0.3) is 0 Å². The lowest BCUT2D eigenvalue weighted by molar-refractivity contribution is 0.376. The summed E-state index contributed by atoms with van der Waals surface area (Å²) in [5.41, 5.74) is 0.917. The average molecular weight is 241 g/mol. The van der Waals surface area contributed by atoms with E-state index in [2.05, 4.69) is 0 Å². The summed E-state index contributed by atoms with van der Waals surface area (Å²) in [7, 11) is 0. The lowest BCUT2D eigenvalue weighted by Crippen LogP contribution is -1.95. The molecule has 0 radical (unpaired) electrons. The van der Waals surface area contributed by atoms with Gasteiger partial charge in [0.15, 0.2) is 0 Å². The third-order valence-electron chi connectivity index (χ3n) is 2.13. The molecule has 3 heteroatoms. The van der Waals surface area contributed by atoms with Crippen LogP contribution in [0.4, 0.5) is 0 Å². The van der Waals surface area contributed by atoms with Crippen LogP contribution in [0.2, 0.25) is 10.0 Å². The van der Waals surface area contributed by atoms with E-state index in [4.69, 9.17) is 27.9 Å². The maximum Gasteiger partial charge on any atom is 0.130 e. The Kier molecular flexibility index (Phi) is 3.03. The van der Waals surface area contributed by atoms with E-state index in [0.29, 0.717) is 10.0 Å². The average Bonchev–Trinajstić information content (AvgIpc) is 2.16. The monoisotopic (exact) mass is 240 g/mol. The normalized spacial score (nSPS) is 15.4. The molecule has 1 heterocycles. The molecule has 2 rings (SSSR count). The molecule has 0 atom stereocenters. The molecule has 1 aromatic carbocycles. The summed E-state index contributed by atoms with van der Waals surface area (Å²) >= 11 is 11.8. The first kappa shape index (κ1) is 10.6. The molecule has 0 bridgehead atoms. The Hall–Kier alpha value is -0.920. The van der Waals surface area contributed by atoms with Gasteiger partial charge in [-0.05, 0) is 43.7 Å². The fourth-order valence-corrected chi connectivity index (χ4v) is 1.99. The third kappa shape index (κ3) is 2.55. The van der Waals surface area contributed by atoms with Crippen LogP contribution in [0.15, 0.2) is 36.1 Å². The van der Waals surface area contributed by atoms with Gasteiger partial charge in [-0.25, -0.2) is 0 Å². The minimum absolute atomic E-state index is 0.620. The SMILES string of the molecule is CC1=CCC=C(c2cc(Cl)cc(Cl)c2)O1. The highest BCUT2D eigenvalue weighted by atomic mass is 35.5. The van der Waals surface area contributed by atoms with Crippen LogP contribution in [0.5, 0.6) is 0 Å². The van der Waals surface area contributed by atoms with Crippen molar-refractivity contribution in [2.45, 2.75) is 13.3 Å². The van der Waals surface area contributed by atoms with Gasteiger partial charge >= 0.3 is 0 Å². The van der Waals surface area contributed by atoms with Gasteiger partial charge in [0.05, 0.1) is 5.76 Å². The van der Waals surface area contributed by atoms with Crippen molar-refractivity contribution < 1.29 is 4.74 Å². The molecule has 1 aliphatic rings. The Morgan fingerprint density at radius 3 is 2.33 bits per heavy atom. The molecule has 78 valence electrons. The number of benzene rings is 1. The van der Waals surface area contributed by atoms with E-state index in [1.807, 2.05) is 31.2 Å². The van der Waals surface area contributed by atoms with E-state index in [9.17, 15) is 0 Å². The van der Waals surface area contributed by atoms with Crippen molar-refractivity contribution in [3.05, 3.63) is 51.7 Å². The van der Waals surface area contributed by atoms with Crippen molar-refractivity contribution in [1.29, 1.82) is 0 Å². The topological polar surface area (TPSA) is 9.23 Å². The van der Waals surface area contributed by atoms with Crippen molar-refractivity contribution in [2.24, 2.45) is 0 Å². The first-order chi connectivity index (χ1) is 7.15. The fraction of sp³-hybridized carbons (Fsp3) is 0.167. The van der Waals surface area contributed by atoms with Gasteiger partial charge in [0, 0.05) is 15.6 Å². The molecule has 1 aliphatic heterocycles. The molecule has 0 aromatic heterocycles. The van der Waals surface area contributed by atoms with Gasteiger partial charge in [0.1, 0.15) is 5.76 Å². The summed E-state index contributed by atoms with van der Waals surface area (Å²) in [5, 5.41) is 1.24. The van der Waals surface area contributed by atoms with Gasteiger partial charge < -0.3 is 4.74 Å². The van der Waals surface area contributed by atoms with Crippen LogP contribution in [0.3, 0.4) is 0 Å². The second-order valence-electron chi connectivity index (χ2n) is 3.38. The highest BCUT2D eigenvalue weighted by Crippen LogP contribution is 2.28. The first-order valence-corrected chi connectivity index (χ1v) is 5.42. The molecule has 15 heavy (non-hydrogen) atoms. The summed E-state index contributed by atoms with van der Waals surface area (Å²) in [6, 6.07) is 5.40. The Bertz CT molecular complexity index is 427. The number of halogens is 2. The van der Waals surface area contributed by atoms with Crippen molar-refractivity contribution in [1.82, 2.24) is 0 Å². The van der Waals surface area contributed by atoms with E-state index in [1.54, 1.807) is 6.07 Å². The molecule has 1 aromatic rings. The standard InChI is InChI=1S/C12H10Cl2O/c1-8-3-2-4-12(15-8)9-5-10(13)7-11(14)6-9/h3-7H,2H2,1H3. The maximum absolute atomic E-state index is 5.92. The van der Waals surface area contributed by atoms with Gasteiger partial charge in [-0.3, -0.25) is 0 Å². The second-order valence-corrected chi connectivity index (χ2v) is 4.25. The number of hydrogen-bond donors (Lipinski definition) is 0. The zero-order valence-corrected chi connectivity index (χ0v) is 9.77. The fourth-order valence-electron chi connectivity index (χ4n) is 1.46. The third-order valence-corrected chi connectivity index (χ3v) is 2.56. The molecule has 0 unspecified atom stereocenters. The van der Waals surface area contributed by atoms with Gasteiger partial charge in [-0.2, -0.15) is 0 Å². The van der Waals surface area contributed by atoms with Crippen molar-refractivity contribution in [3.63, 3.8) is 0 Å². The van der Waals surface area contributed by atoms with Gasteiger partial charge in [0.2, 0.25) is 0 Å². The smallest absolute Gasteiger partial charge is 0.130 e. The van der Waals surface area contributed by atoms with E-state index < -0.39 is 0 Å². The van der Waals surface area contributed by atoms with E-state index in [-0.39, 0.29) is 0 Å². The van der Waals surface area contributed by atoms with Crippen LogP contribution in [-0.4, -0.2) is 0 Å². The number of ether oxygens (including phenoxy) is 1. The zero-order chi connectivity index (χ0) is 10.8. The number of allylic oxidation sites excluding steroid dienone is 3. The van der Waals surface area contributed by atoms with Gasteiger partial charge in [-0.15, -0.1) is 0 Å². The van der Waals surface area contributed by atoms with Crippen LogP contribution in [0.1, 0.15) is 18.9 Å². The molecule has 1 nitrogen and oxygen atoms in total. The largest absolute Gasteiger partial charge is 0.462 e. The molecule has 0 amide bonds. The van der Waals surface area contributed by atoms with Gasteiger partial charge in [-0.1, -0.05) is 23.2 Å². The summed E-state index contributed by atoms with van der Waals surface area (Å²) < 4.78 is 5.59. The molecule has 0 spiro atoms. The highest BCUT2D eigenvalue weighted by molar-refractivity contribution is 6.34. The molecular formula is C12H10Cl2O. The van der Waals surface area contributed by atoms with E-state index >= 15 is 0 Å². The number of hydrogen-bond acceptors (Lipinski definition) is 1. The Morgan fingerprint density at radius 2 is 1.73 bits per heavy atom. The molecule has 0 aliphatic carbocycles. The maximum atomic E-state index is 5.92. The summed E-state index contributed by atoms with van der Waals surface area (Å²) in [6.45, 7) is 1.93. The van der Waals surface area contributed by atoms with E-state index in [1.165, 1.54) is 0 Å². The highest BCUT2D eigenvalue weighted by Gasteiger charge is 2.09. The summed E-state index contributed by atoms with van der Waals surface area (Å²) in [6.07, 6.45) is 4.91. The zero-order valence-electron chi connectivity index (χ0n) is 8.26. The molecular weight excluding hydrogens is 231 g/mol. The Morgan fingerprint density at radius 1 is 1.07 bits per heavy atom. The van der Waals surface area contributed by atoms with Crippen LogP contribution < -0.4 is 0 Å². The lowest BCUT2D eigenvalue weighted by Gasteiger charge is -2.14. The van der Waals surface area contributed by atoms with Crippen molar-refractivity contribution >= 4 is 29.0 Å². The molecule has 0 N–H and O–H groups in total. The van der Waals surface area contributed by atoms with Crippen LogP contribution >= 0.6 is 23.2 Å². The van der Waals surface area contributed by atoms with Crippen LogP contribution in [-0.2, 0) is 4.74 Å². The number of rotatable bonds is 1. The predicted molar refractivity (Wildman–Crippen MR) is 63.9 cm³/mol. The quantitative estimate of drug-likeness (QED) is 0.694. The predicted octanol–water partition coefficient (Wildman–Crippen LogP) is 4.66. The van der Waals surface area contributed by atoms with Crippen molar-refractivity contribution in [2.75, 3.05) is 0 Å². The molecule has 0 fully saturated rings. The molecule has 0 saturated carbocycles. The Labute approximate surface area is 99.0 Å². The van der Waals surface area contributed by atoms with Crippen molar-refractivity contribution in [3.8, 4) is 0 Å². The summed E-state index contributed by atoms with van der Waals surface area (Å²) in [5.74, 6) is 1.72.